The van der Waals surface area contributed by atoms with Crippen LogP contribution in [0.4, 0.5) is 18.9 Å². The zero-order chi connectivity index (χ0) is 16.2. The van der Waals surface area contributed by atoms with Crippen molar-refractivity contribution in [3.05, 3.63) is 23.8 Å². The molecule has 7 heteroatoms. The first-order valence-corrected chi connectivity index (χ1v) is 7.48. The summed E-state index contributed by atoms with van der Waals surface area (Å²) in [5, 5.41) is 9.38. The molecule has 0 saturated carbocycles. The van der Waals surface area contributed by atoms with E-state index in [9.17, 15) is 23.1 Å². The highest BCUT2D eigenvalue weighted by atomic mass is 32.2. The molecule has 0 radical (unpaired) electrons. The lowest BCUT2D eigenvalue weighted by atomic mass is 10.1. The average Bonchev–Trinajstić information content (AvgIpc) is 2.34. The van der Waals surface area contributed by atoms with E-state index >= 15 is 0 Å². The second-order valence-electron chi connectivity index (χ2n) is 4.73. The number of hydrogen-bond acceptors (Lipinski definition) is 3. The topological polar surface area (TPSA) is 40.5 Å². The Balaban J connectivity index is 3.37. The number of hydrogen-bond donors (Lipinski definition) is 1. The van der Waals surface area contributed by atoms with Crippen LogP contribution in [0, 0.1) is 0 Å². The summed E-state index contributed by atoms with van der Waals surface area (Å²) >= 11 is 1.30. The van der Waals surface area contributed by atoms with Crippen LogP contribution in [0.2, 0.25) is 0 Å². The molecule has 0 aromatic heterocycles. The van der Waals surface area contributed by atoms with E-state index in [-0.39, 0.29) is 11.3 Å². The number of benzene rings is 1. The molecular weight excluding hydrogens is 303 g/mol. The minimum absolute atomic E-state index is 0.0673. The third kappa shape index (κ3) is 4.84. The van der Waals surface area contributed by atoms with Crippen LogP contribution >= 0.6 is 11.8 Å². The number of carboxylic acid groups (broad SMARTS) is 1. The van der Waals surface area contributed by atoms with E-state index in [1.165, 1.54) is 17.8 Å². The van der Waals surface area contributed by atoms with E-state index in [2.05, 4.69) is 0 Å². The van der Waals surface area contributed by atoms with Crippen molar-refractivity contribution in [2.24, 2.45) is 0 Å². The van der Waals surface area contributed by atoms with Gasteiger partial charge in [-0.3, -0.25) is 0 Å². The molecule has 0 atom stereocenters. The first kappa shape index (κ1) is 17.7. The highest BCUT2D eigenvalue weighted by molar-refractivity contribution is 7.99. The fourth-order valence-corrected chi connectivity index (χ4v) is 2.81. The lowest BCUT2D eigenvalue weighted by Crippen LogP contribution is -2.40. The number of carboxylic acids is 1. The Morgan fingerprint density at radius 3 is 2.43 bits per heavy atom. The van der Waals surface area contributed by atoms with Crippen LogP contribution in [0.5, 0.6) is 0 Å². The summed E-state index contributed by atoms with van der Waals surface area (Å²) in [5.74, 6) is -0.570. The van der Waals surface area contributed by atoms with Crippen molar-refractivity contribution < 1.29 is 23.1 Å². The van der Waals surface area contributed by atoms with Crippen LogP contribution in [0.1, 0.15) is 31.1 Å². The van der Waals surface area contributed by atoms with Gasteiger partial charge in [0.1, 0.15) is 6.54 Å². The minimum atomic E-state index is -4.39. The quantitative estimate of drug-likeness (QED) is 0.794. The Kier molecular flexibility index (Phi) is 5.95. The molecule has 0 amide bonds. The molecule has 0 aliphatic carbocycles. The minimum Gasteiger partial charge on any atom is -0.478 e. The molecule has 0 heterocycles. The SMILES string of the molecule is CCSc1cccc(N(CC(F)(F)F)C(C)C)c1C(=O)O. The molecule has 1 rings (SSSR count). The Labute approximate surface area is 126 Å². The second kappa shape index (κ2) is 7.06. The van der Waals surface area contributed by atoms with E-state index in [1.807, 2.05) is 6.92 Å². The Morgan fingerprint density at radius 1 is 1.38 bits per heavy atom. The summed E-state index contributed by atoms with van der Waals surface area (Å²) in [7, 11) is 0. The molecule has 0 spiro atoms. The molecular formula is C14H18F3NO2S. The molecule has 0 saturated heterocycles. The molecule has 3 nitrogen and oxygen atoms in total. The van der Waals surface area contributed by atoms with Crippen molar-refractivity contribution in [1.29, 1.82) is 0 Å². The summed E-state index contributed by atoms with van der Waals surface area (Å²) in [5.41, 5.74) is 0.0376. The van der Waals surface area contributed by atoms with Gasteiger partial charge in [-0.25, -0.2) is 4.79 Å². The van der Waals surface area contributed by atoms with Gasteiger partial charge in [0.2, 0.25) is 0 Å². The number of aromatic carboxylic acids is 1. The van der Waals surface area contributed by atoms with E-state index in [0.717, 1.165) is 4.90 Å². The zero-order valence-electron chi connectivity index (χ0n) is 12.1. The lowest BCUT2D eigenvalue weighted by Gasteiger charge is -2.31. The van der Waals surface area contributed by atoms with E-state index in [4.69, 9.17) is 0 Å². The molecule has 1 N–H and O–H groups in total. The zero-order valence-corrected chi connectivity index (χ0v) is 12.9. The van der Waals surface area contributed by atoms with Gasteiger partial charge in [-0.2, -0.15) is 13.2 Å². The van der Waals surface area contributed by atoms with Crippen molar-refractivity contribution in [3.8, 4) is 0 Å². The van der Waals surface area contributed by atoms with Gasteiger partial charge in [-0.05, 0) is 31.7 Å². The maximum atomic E-state index is 12.7. The Morgan fingerprint density at radius 2 is 2.00 bits per heavy atom. The molecule has 0 aliphatic heterocycles. The van der Waals surface area contributed by atoms with E-state index < -0.39 is 24.7 Å². The third-order valence-electron chi connectivity index (χ3n) is 2.80. The molecule has 0 aliphatic rings. The monoisotopic (exact) mass is 321 g/mol. The van der Waals surface area contributed by atoms with Crippen molar-refractivity contribution >= 4 is 23.4 Å². The number of anilines is 1. The highest BCUT2D eigenvalue weighted by Gasteiger charge is 2.34. The predicted molar refractivity (Wildman–Crippen MR) is 78.3 cm³/mol. The first-order chi connectivity index (χ1) is 9.67. The predicted octanol–water partition coefficient (Wildman–Crippen LogP) is 4.27. The van der Waals surface area contributed by atoms with Crippen molar-refractivity contribution in [1.82, 2.24) is 0 Å². The summed E-state index contributed by atoms with van der Waals surface area (Å²) in [6.07, 6.45) is -4.39. The van der Waals surface area contributed by atoms with Gasteiger partial charge >= 0.3 is 12.1 Å². The Bertz CT molecular complexity index is 503. The van der Waals surface area contributed by atoms with Crippen LogP contribution in [-0.2, 0) is 0 Å². The van der Waals surface area contributed by atoms with Gasteiger partial charge in [0, 0.05) is 10.9 Å². The number of rotatable bonds is 6. The fraction of sp³-hybridized carbons (Fsp3) is 0.500. The average molecular weight is 321 g/mol. The molecule has 21 heavy (non-hydrogen) atoms. The van der Waals surface area contributed by atoms with Gasteiger partial charge in [-0.15, -0.1) is 11.8 Å². The lowest BCUT2D eigenvalue weighted by molar-refractivity contribution is -0.120. The maximum Gasteiger partial charge on any atom is 0.405 e. The number of thioether (sulfide) groups is 1. The molecule has 0 fully saturated rings. The molecule has 1 aromatic rings. The van der Waals surface area contributed by atoms with Gasteiger partial charge in [0.15, 0.2) is 0 Å². The Hall–Kier alpha value is -1.37. The number of carbonyl (C=O) groups is 1. The largest absolute Gasteiger partial charge is 0.478 e. The van der Waals surface area contributed by atoms with Crippen LogP contribution < -0.4 is 4.90 Å². The summed E-state index contributed by atoms with van der Waals surface area (Å²) in [6.45, 7) is 3.90. The smallest absolute Gasteiger partial charge is 0.405 e. The van der Waals surface area contributed by atoms with Gasteiger partial charge in [0.05, 0.1) is 11.3 Å². The number of alkyl halides is 3. The number of halogens is 3. The van der Waals surface area contributed by atoms with Gasteiger partial charge in [-0.1, -0.05) is 13.0 Å². The van der Waals surface area contributed by atoms with Crippen molar-refractivity contribution in [2.75, 3.05) is 17.2 Å². The molecule has 1 aromatic carbocycles. The maximum absolute atomic E-state index is 12.7. The van der Waals surface area contributed by atoms with E-state index in [1.54, 1.807) is 26.0 Å². The van der Waals surface area contributed by atoms with Gasteiger partial charge < -0.3 is 10.0 Å². The van der Waals surface area contributed by atoms with Crippen molar-refractivity contribution in [2.45, 2.75) is 37.9 Å². The molecule has 118 valence electrons. The van der Waals surface area contributed by atoms with Crippen LogP contribution in [0.3, 0.4) is 0 Å². The molecule has 0 bridgehead atoms. The summed E-state index contributed by atoms with van der Waals surface area (Å²) in [4.78, 5) is 13.0. The summed E-state index contributed by atoms with van der Waals surface area (Å²) in [6, 6.07) is 4.17. The van der Waals surface area contributed by atoms with E-state index in [0.29, 0.717) is 10.6 Å². The van der Waals surface area contributed by atoms with Crippen LogP contribution in [0.15, 0.2) is 23.1 Å². The van der Waals surface area contributed by atoms with Crippen molar-refractivity contribution in [3.63, 3.8) is 0 Å². The first-order valence-electron chi connectivity index (χ1n) is 6.49. The van der Waals surface area contributed by atoms with Crippen LogP contribution in [-0.4, -0.2) is 35.6 Å². The van der Waals surface area contributed by atoms with Gasteiger partial charge in [0.25, 0.3) is 0 Å². The normalized spacial score (nSPS) is 11.8. The highest BCUT2D eigenvalue weighted by Crippen LogP contribution is 2.33. The number of nitrogens with zero attached hydrogens (tertiary/aromatic N) is 1. The standard InChI is InChI=1S/C14H18F3NO2S/c1-4-21-11-7-5-6-10(12(11)13(19)20)18(9(2)3)8-14(15,16)17/h5-7,9H,4,8H2,1-3H3,(H,19,20). The third-order valence-corrected chi connectivity index (χ3v) is 3.74. The molecule has 0 unspecified atom stereocenters. The summed E-state index contributed by atoms with van der Waals surface area (Å²) < 4.78 is 38.2. The van der Waals surface area contributed by atoms with Crippen LogP contribution in [0.25, 0.3) is 0 Å². The fourth-order valence-electron chi connectivity index (χ4n) is 1.99. The second-order valence-corrected chi connectivity index (χ2v) is 6.03.